The van der Waals surface area contributed by atoms with Gasteiger partial charge in [0.05, 0.1) is 33.6 Å². The van der Waals surface area contributed by atoms with Crippen molar-refractivity contribution in [1.29, 1.82) is 0 Å². The number of benzene rings is 6. The summed E-state index contributed by atoms with van der Waals surface area (Å²) in [7, 11) is 0. The third-order valence-corrected chi connectivity index (χ3v) is 8.83. The van der Waals surface area contributed by atoms with Crippen LogP contribution in [0.3, 0.4) is 0 Å². The normalized spacial score (nSPS) is 11.5. The second-order valence-corrected chi connectivity index (χ2v) is 11.7. The molecule has 0 spiro atoms. The van der Waals surface area contributed by atoms with Crippen molar-refractivity contribution in [2.45, 2.75) is 0 Å². The van der Waals surface area contributed by atoms with Crippen molar-refractivity contribution in [3.8, 4) is 44.9 Å². The summed E-state index contributed by atoms with van der Waals surface area (Å²) in [5.74, 6) is 0. The van der Waals surface area contributed by atoms with E-state index in [4.69, 9.17) is 15.0 Å². The van der Waals surface area contributed by atoms with Crippen LogP contribution in [0.4, 0.5) is 0 Å². The van der Waals surface area contributed by atoms with E-state index in [-0.39, 0.29) is 0 Å². The highest BCUT2D eigenvalue weighted by atomic mass is 14.8. The Kier molecular flexibility index (Phi) is 6.14. The van der Waals surface area contributed by atoms with E-state index in [1.807, 2.05) is 24.3 Å². The first-order valence-corrected chi connectivity index (χ1v) is 15.5. The maximum Gasteiger partial charge on any atom is 0.0972 e. The smallest absolute Gasteiger partial charge is 0.0972 e. The van der Waals surface area contributed by atoms with Gasteiger partial charge in [-0.05, 0) is 52.2 Å². The van der Waals surface area contributed by atoms with Gasteiger partial charge in [0.15, 0.2) is 0 Å². The Morgan fingerprint density at radius 2 is 0.870 bits per heavy atom. The van der Waals surface area contributed by atoms with Gasteiger partial charge in [-0.15, -0.1) is 0 Å². The third-order valence-electron chi connectivity index (χ3n) is 8.83. The predicted octanol–water partition coefficient (Wildman–Crippen LogP) is 11.2. The quantitative estimate of drug-likeness (QED) is 0.193. The third kappa shape index (κ3) is 4.49. The fourth-order valence-electron chi connectivity index (χ4n) is 6.54. The van der Waals surface area contributed by atoms with Gasteiger partial charge in [-0.3, -0.25) is 0 Å². The number of rotatable bonds is 4. The summed E-state index contributed by atoms with van der Waals surface area (Å²) >= 11 is 0. The van der Waals surface area contributed by atoms with Crippen molar-refractivity contribution in [3.05, 3.63) is 164 Å². The molecule has 0 amide bonds. The Bertz CT molecular complexity index is 2570. The van der Waals surface area contributed by atoms with Gasteiger partial charge < -0.3 is 0 Å². The lowest BCUT2D eigenvalue weighted by molar-refractivity contribution is 1.36. The molecule has 0 saturated carbocycles. The van der Waals surface area contributed by atoms with Crippen molar-refractivity contribution in [2.24, 2.45) is 0 Å². The first-order valence-electron chi connectivity index (χ1n) is 15.5. The highest BCUT2D eigenvalue weighted by Crippen LogP contribution is 2.38. The summed E-state index contributed by atoms with van der Waals surface area (Å²) in [5.41, 5.74) is 11.2. The first-order chi connectivity index (χ1) is 22.8. The van der Waals surface area contributed by atoms with E-state index >= 15 is 0 Å². The Hall–Kier alpha value is -6.19. The lowest BCUT2D eigenvalue weighted by Gasteiger charge is -2.14. The maximum atomic E-state index is 5.25. The van der Waals surface area contributed by atoms with Crippen LogP contribution in [-0.4, -0.2) is 15.0 Å². The van der Waals surface area contributed by atoms with Gasteiger partial charge in [-0.25, -0.2) is 15.0 Å². The Morgan fingerprint density at radius 3 is 1.59 bits per heavy atom. The van der Waals surface area contributed by atoms with Crippen LogP contribution < -0.4 is 0 Å². The average molecular weight is 586 g/mol. The zero-order chi connectivity index (χ0) is 30.5. The second-order valence-electron chi connectivity index (χ2n) is 11.7. The molecule has 0 aliphatic rings. The van der Waals surface area contributed by atoms with Crippen molar-refractivity contribution >= 4 is 43.5 Å². The predicted molar refractivity (Wildman–Crippen MR) is 192 cm³/mol. The fraction of sp³-hybridized carbons (Fsp3) is 0. The van der Waals surface area contributed by atoms with Gasteiger partial charge in [-0.2, -0.15) is 0 Å². The minimum Gasteiger partial charge on any atom is -0.248 e. The van der Waals surface area contributed by atoms with Gasteiger partial charge in [0, 0.05) is 32.8 Å². The Balaban J connectivity index is 1.24. The van der Waals surface area contributed by atoms with Gasteiger partial charge in [0.2, 0.25) is 0 Å². The molecule has 3 aromatic heterocycles. The highest BCUT2D eigenvalue weighted by molar-refractivity contribution is 6.14. The van der Waals surface area contributed by atoms with E-state index in [1.54, 1.807) is 0 Å². The molecule has 3 heteroatoms. The molecular formula is C43H27N3. The summed E-state index contributed by atoms with van der Waals surface area (Å²) in [6, 6.07) is 57.3. The number of aromatic nitrogens is 3. The van der Waals surface area contributed by atoms with Crippen LogP contribution in [0.25, 0.3) is 88.4 Å². The van der Waals surface area contributed by atoms with Crippen LogP contribution in [0.5, 0.6) is 0 Å². The summed E-state index contributed by atoms with van der Waals surface area (Å²) in [6.45, 7) is 0. The molecule has 3 heterocycles. The van der Waals surface area contributed by atoms with Crippen LogP contribution in [0.1, 0.15) is 0 Å². The molecule has 0 aliphatic heterocycles. The van der Waals surface area contributed by atoms with E-state index in [0.717, 1.165) is 77.6 Å². The van der Waals surface area contributed by atoms with Crippen LogP contribution in [0.2, 0.25) is 0 Å². The average Bonchev–Trinajstić information content (AvgIpc) is 3.14. The van der Waals surface area contributed by atoms with Crippen molar-refractivity contribution in [1.82, 2.24) is 15.0 Å². The summed E-state index contributed by atoms with van der Waals surface area (Å²) < 4.78 is 0. The molecule has 214 valence electrons. The van der Waals surface area contributed by atoms with E-state index in [1.165, 1.54) is 10.8 Å². The van der Waals surface area contributed by atoms with Crippen LogP contribution in [-0.2, 0) is 0 Å². The minimum absolute atomic E-state index is 0.907. The van der Waals surface area contributed by atoms with E-state index in [0.29, 0.717) is 0 Å². The van der Waals surface area contributed by atoms with Crippen molar-refractivity contribution < 1.29 is 0 Å². The molecule has 3 nitrogen and oxygen atoms in total. The molecule has 46 heavy (non-hydrogen) atoms. The second kappa shape index (κ2) is 10.8. The standard InChI is InChI=1S/C43H27N3/c1-3-11-29(12-4-1)37-23-21-31-18-19-32-22-24-38(46-43(32)42(31)45-37)34-16-9-15-33(26-34)36-27-40(30-13-5-2-6-14-30)44-39-25-20-28-10-7-8-17-35(28)41(36)39/h1-27H. The molecular weight excluding hydrogens is 558 g/mol. The molecule has 9 rings (SSSR count). The van der Waals surface area contributed by atoms with Crippen LogP contribution in [0.15, 0.2) is 164 Å². The van der Waals surface area contributed by atoms with E-state index in [2.05, 4.69) is 140 Å². The van der Waals surface area contributed by atoms with E-state index in [9.17, 15) is 0 Å². The monoisotopic (exact) mass is 585 g/mol. The Morgan fingerprint density at radius 1 is 0.326 bits per heavy atom. The molecule has 0 unspecified atom stereocenters. The van der Waals surface area contributed by atoms with Crippen LogP contribution >= 0.6 is 0 Å². The van der Waals surface area contributed by atoms with Gasteiger partial charge in [0.25, 0.3) is 0 Å². The lowest BCUT2D eigenvalue weighted by Crippen LogP contribution is -1.93. The summed E-state index contributed by atoms with van der Waals surface area (Å²) in [6.07, 6.45) is 0. The highest BCUT2D eigenvalue weighted by Gasteiger charge is 2.14. The molecule has 6 aromatic carbocycles. The minimum atomic E-state index is 0.907. The van der Waals surface area contributed by atoms with E-state index < -0.39 is 0 Å². The SMILES string of the molecule is c1ccc(-c2cc(-c3cccc(-c4ccc5ccc6ccc(-c7ccccc7)nc6c5n4)c3)c3c(ccc4ccccc43)n2)cc1. The molecule has 0 atom stereocenters. The van der Waals surface area contributed by atoms with Gasteiger partial charge >= 0.3 is 0 Å². The molecule has 0 bridgehead atoms. The largest absolute Gasteiger partial charge is 0.248 e. The first kappa shape index (κ1) is 26.2. The van der Waals surface area contributed by atoms with Crippen LogP contribution in [0, 0.1) is 0 Å². The van der Waals surface area contributed by atoms with Gasteiger partial charge in [-0.1, -0.05) is 133 Å². The zero-order valence-corrected chi connectivity index (χ0v) is 24.9. The van der Waals surface area contributed by atoms with Crippen molar-refractivity contribution in [3.63, 3.8) is 0 Å². The number of nitrogens with zero attached hydrogens (tertiary/aromatic N) is 3. The van der Waals surface area contributed by atoms with Gasteiger partial charge in [0.1, 0.15) is 0 Å². The maximum absolute atomic E-state index is 5.25. The number of pyridine rings is 3. The molecule has 0 saturated heterocycles. The number of hydrogen-bond acceptors (Lipinski definition) is 3. The zero-order valence-electron chi connectivity index (χ0n) is 24.9. The Labute approximate surface area is 266 Å². The summed E-state index contributed by atoms with van der Waals surface area (Å²) in [5, 5.41) is 5.71. The molecule has 9 aromatic rings. The number of fused-ring (bicyclic) bond motifs is 6. The van der Waals surface area contributed by atoms with Crippen molar-refractivity contribution in [2.75, 3.05) is 0 Å². The molecule has 0 N–H and O–H groups in total. The molecule has 0 fully saturated rings. The molecule has 0 radical (unpaired) electrons. The number of hydrogen-bond donors (Lipinski definition) is 0. The lowest BCUT2D eigenvalue weighted by atomic mass is 9.93. The topological polar surface area (TPSA) is 38.7 Å². The fourth-order valence-corrected chi connectivity index (χ4v) is 6.54. The molecule has 0 aliphatic carbocycles. The summed E-state index contributed by atoms with van der Waals surface area (Å²) in [4.78, 5) is 15.5.